The van der Waals surface area contributed by atoms with Crippen molar-refractivity contribution in [2.75, 3.05) is 16.4 Å². The first-order valence-corrected chi connectivity index (χ1v) is 11.1. The third-order valence-electron chi connectivity index (χ3n) is 4.56. The van der Waals surface area contributed by atoms with E-state index in [0.717, 1.165) is 6.42 Å². The summed E-state index contributed by atoms with van der Waals surface area (Å²) in [5.74, 6) is 0.149. The molecule has 0 bridgehead atoms. The van der Waals surface area contributed by atoms with Crippen molar-refractivity contribution in [1.29, 1.82) is 0 Å². The maximum Gasteiger partial charge on any atom is 0.262 e. The fourth-order valence-corrected chi connectivity index (χ4v) is 3.87. The fourth-order valence-electron chi connectivity index (χ4n) is 3.05. The molecule has 1 heterocycles. The van der Waals surface area contributed by atoms with Crippen LogP contribution in [0.1, 0.15) is 27.2 Å². The molecule has 0 aliphatic rings. The van der Waals surface area contributed by atoms with E-state index in [1.54, 1.807) is 41.0 Å². The van der Waals surface area contributed by atoms with Gasteiger partial charge in [0.2, 0.25) is 11.8 Å². The molecular formula is C23H26N4O3S. The van der Waals surface area contributed by atoms with E-state index in [0.29, 0.717) is 39.9 Å². The van der Waals surface area contributed by atoms with Crippen LogP contribution in [0.5, 0.6) is 0 Å². The van der Waals surface area contributed by atoms with Gasteiger partial charge in [0.05, 0.1) is 16.7 Å². The lowest BCUT2D eigenvalue weighted by Crippen LogP contribution is -2.25. The first-order chi connectivity index (χ1) is 14.8. The SMILES string of the molecule is CC(=O)Nc1cccc(NC(=O)CSc2nc3ccccc3c(=O)n2CCC(C)C)c1. The predicted octanol–water partition coefficient (Wildman–Crippen LogP) is 4.13. The quantitative estimate of drug-likeness (QED) is 0.407. The van der Waals surface area contributed by atoms with Gasteiger partial charge in [-0.25, -0.2) is 4.98 Å². The Balaban J connectivity index is 1.76. The Labute approximate surface area is 185 Å². The molecule has 0 spiro atoms. The van der Waals surface area contributed by atoms with Gasteiger partial charge in [0.15, 0.2) is 5.16 Å². The third kappa shape index (κ3) is 6.18. The topological polar surface area (TPSA) is 93.1 Å². The van der Waals surface area contributed by atoms with E-state index in [-0.39, 0.29) is 23.1 Å². The summed E-state index contributed by atoms with van der Waals surface area (Å²) in [6.07, 6.45) is 0.843. The van der Waals surface area contributed by atoms with Gasteiger partial charge in [-0.05, 0) is 42.7 Å². The molecule has 3 rings (SSSR count). The van der Waals surface area contributed by atoms with Gasteiger partial charge >= 0.3 is 0 Å². The number of nitrogens with zero attached hydrogens (tertiary/aromatic N) is 2. The summed E-state index contributed by atoms with van der Waals surface area (Å²) < 4.78 is 1.66. The van der Waals surface area contributed by atoms with E-state index in [1.165, 1.54) is 18.7 Å². The van der Waals surface area contributed by atoms with Gasteiger partial charge in [-0.1, -0.05) is 43.8 Å². The summed E-state index contributed by atoms with van der Waals surface area (Å²) in [5, 5.41) is 6.62. The molecule has 0 unspecified atom stereocenters. The lowest BCUT2D eigenvalue weighted by atomic mass is 10.1. The van der Waals surface area contributed by atoms with Gasteiger partial charge in [0.25, 0.3) is 5.56 Å². The molecule has 3 aromatic rings. The lowest BCUT2D eigenvalue weighted by Gasteiger charge is -2.14. The Morgan fingerprint density at radius 3 is 2.48 bits per heavy atom. The summed E-state index contributed by atoms with van der Waals surface area (Å²) in [6.45, 7) is 6.19. The molecule has 1 aromatic heterocycles. The number of thioether (sulfide) groups is 1. The smallest absolute Gasteiger partial charge is 0.262 e. The van der Waals surface area contributed by atoms with Gasteiger partial charge in [-0.3, -0.25) is 19.0 Å². The van der Waals surface area contributed by atoms with Gasteiger partial charge in [-0.15, -0.1) is 0 Å². The number of hydrogen-bond acceptors (Lipinski definition) is 5. The van der Waals surface area contributed by atoms with E-state index in [4.69, 9.17) is 0 Å². The second-order valence-corrected chi connectivity index (χ2v) is 8.59. The number of hydrogen-bond donors (Lipinski definition) is 2. The highest BCUT2D eigenvalue weighted by molar-refractivity contribution is 7.99. The average Bonchev–Trinajstić information content (AvgIpc) is 2.71. The molecule has 162 valence electrons. The van der Waals surface area contributed by atoms with Crippen molar-refractivity contribution in [3.05, 3.63) is 58.9 Å². The van der Waals surface area contributed by atoms with Crippen LogP contribution in [-0.2, 0) is 16.1 Å². The van der Waals surface area contributed by atoms with Crippen molar-refractivity contribution >= 4 is 45.9 Å². The summed E-state index contributed by atoms with van der Waals surface area (Å²) in [5.41, 5.74) is 1.73. The van der Waals surface area contributed by atoms with Crippen molar-refractivity contribution in [3.63, 3.8) is 0 Å². The van der Waals surface area contributed by atoms with Crippen LogP contribution in [0.2, 0.25) is 0 Å². The van der Waals surface area contributed by atoms with Crippen molar-refractivity contribution in [3.8, 4) is 0 Å². The van der Waals surface area contributed by atoms with E-state index < -0.39 is 0 Å². The zero-order chi connectivity index (χ0) is 22.4. The highest BCUT2D eigenvalue weighted by atomic mass is 32.2. The number of carbonyl (C=O) groups excluding carboxylic acids is 2. The monoisotopic (exact) mass is 438 g/mol. The van der Waals surface area contributed by atoms with Gasteiger partial charge in [-0.2, -0.15) is 0 Å². The van der Waals surface area contributed by atoms with Crippen LogP contribution >= 0.6 is 11.8 Å². The Bertz CT molecular complexity index is 1160. The zero-order valence-corrected chi connectivity index (χ0v) is 18.7. The summed E-state index contributed by atoms with van der Waals surface area (Å²) in [6, 6.07) is 14.2. The Kier molecular flexibility index (Phi) is 7.46. The number of fused-ring (bicyclic) bond motifs is 1. The van der Waals surface area contributed by atoms with Crippen molar-refractivity contribution in [2.45, 2.75) is 38.9 Å². The van der Waals surface area contributed by atoms with E-state index in [1.807, 2.05) is 12.1 Å². The van der Waals surface area contributed by atoms with E-state index in [9.17, 15) is 14.4 Å². The van der Waals surface area contributed by atoms with Crippen molar-refractivity contribution in [2.24, 2.45) is 5.92 Å². The Hall–Kier alpha value is -3.13. The fraction of sp³-hybridized carbons (Fsp3) is 0.304. The first kappa shape index (κ1) is 22.6. The number of para-hydroxylation sites is 1. The number of amides is 2. The number of benzene rings is 2. The molecule has 8 heteroatoms. The molecule has 0 aliphatic carbocycles. The molecule has 2 N–H and O–H groups in total. The number of nitrogens with one attached hydrogen (secondary N) is 2. The molecule has 0 fully saturated rings. The first-order valence-electron chi connectivity index (χ1n) is 10.1. The van der Waals surface area contributed by atoms with Crippen LogP contribution in [0.3, 0.4) is 0 Å². The highest BCUT2D eigenvalue weighted by Gasteiger charge is 2.14. The van der Waals surface area contributed by atoms with Gasteiger partial charge < -0.3 is 10.6 Å². The Morgan fingerprint density at radius 1 is 1.06 bits per heavy atom. The van der Waals surface area contributed by atoms with Gasteiger partial charge in [0.1, 0.15) is 0 Å². The normalized spacial score (nSPS) is 11.0. The number of carbonyl (C=O) groups is 2. The minimum atomic E-state index is -0.220. The number of anilines is 2. The maximum absolute atomic E-state index is 13.0. The van der Waals surface area contributed by atoms with Crippen LogP contribution in [0.15, 0.2) is 58.5 Å². The minimum Gasteiger partial charge on any atom is -0.326 e. The van der Waals surface area contributed by atoms with Crippen molar-refractivity contribution < 1.29 is 9.59 Å². The molecule has 2 aromatic carbocycles. The molecule has 7 nitrogen and oxygen atoms in total. The standard InChI is InChI=1S/C23H26N4O3S/c1-15(2)11-12-27-22(30)19-9-4-5-10-20(19)26-23(27)31-14-21(29)25-18-8-6-7-17(13-18)24-16(3)28/h4-10,13,15H,11-12,14H2,1-3H3,(H,24,28)(H,25,29). The second kappa shape index (κ2) is 10.3. The minimum absolute atomic E-state index is 0.0860. The molecular weight excluding hydrogens is 412 g/mol. The molecule has 0 saturated carbocycles. The average molecular weight is 439 g/mol. The van der Waals surface area contributed by atoms with E-state index in [2.05, 4.69) is 29.5 Å². The molecule has 0 aliphatic heterocycles. The largest absolute Gasteiger partial charge is 0.326 e. The van der Waals surface area contributed by atoms with Crippen LogP contribution in [0.4, 0.5) is 11.4 Å². The summed E-state index contributed by atoms with van der Waals surface area (Å²) in [7, 11) is 0. The van der Waals surface area contributed by atoms with Gasteiger partial charge in [0, 0.05) is 24.8 Å². The Morgan fingerprint density at radius 2 is 1.77 bits per heavy atom. The summed E-state index contributed by atoms with van der Waals surface area (Å²) in [4.78, 5) is 41.4. The highest BCUT2D eigenvalue weighted by Crippen LogP contribution is 2.20. The van der Waals surface area contributed by atoms with Crippen molar-refractivity contribution in [1.82, 2.24) is 9.55 Å². The molecule has 2 amide bonds. The van der Waals surface area contributed by atoms with Crippen LogP contribution in [0, 0.1) is 5.92 Å². The number of aromatic nitrogens is 2. The zero-order valence-electron chi connectivity index (χ0n) is 17.8. The number of rotatable bonds is 8. The molecule has 0 atom stereocenters. The maximum atomic E-state index is 13.0. The summed E-state index contributed by atoms with van der Waals surface area (Å²) >= 11 is 1.24. The molecule has 0 saturated heterocycles. The molecule has 0 radical (unpaired) electrons. The molecule has 31 heavy (non-hydrogen) atoms. The lowest BCUT2D eigenvalue weighted by molar-refractivity contribution is -0.114. The van der Waals surface area contributed by atoms with E-state index >= 15 is 0 Å². The van der Waals surface area contributed by atoms with Crippen LogP contribution in [-0.4, -0.2) is 27.1 Å². The second-order valence-electron chi connectivity index (χ2n) is 7.65. The van der Waals surface area contributed by atoms with Crippen LogP contribution in [0.25, 0.3) is 10.9 Å². The predicted molar refractivity (Wildman–Crippen MR) is 126 cm³/mol. The third-order valence-corrected chi connectivity index (χ3v) is 5.53. The van der Waals surface area contributed by atoms with Crippen LogP contribution < -0.4 is 16.2 Å².